The fourth-order valence-electron chi connectivity index (χ4n) is 2.18. The molecule has 0 spiro atoms. The summed E-state index contributed by atoms with van der Waals surface area (Å²) in [5.41, 5.74) is 1.21. The SMILES string of the molecule is O=CNc1cc2c(s1)CN(C(=O)c1ccco1)CC2. The van der Waals surface area contributed by atoms with E-state index in [0.29, 0.717) is 25.3 Å². The minimum atomic E-state index is -0.0889. The van der Waals surface area contributed by atoms with E-state index >= 15 is 0 Å². The van der Waals surface area contributed by atoms with Crippen LogP contribution in [0, 0.1) is 0 Å². The van der Waals surface area contributed by atoms with Crippen LogP contribution in [0.5, 0.6) is 0 Å². The largest absolute Gasteiger partial charge is 0.459 e. The molecule has 2 aromatic heterocycles. The van der Waals surface area contributed by atoms with Crippen LogP contribution in [0.15, 0.2) is 28.9 Å². The van der Waals surface area contributed by atoms with Gasteiger partial charge in [0.15, 0.2) is 5.76 Å². The van der Waals surface area contributed by atoms with E-state index in [1.807, 2.05) is 6.07 Å². The average molecular weight is 276 g/mol. The van der Waals surface area contributed by atoms with Crippen molar-refractivity contribution in [3.8, 4) is 0 Å². The van der Waals surface area contributed by atoms with Crippen molar-refractivity contribution < 1.29 is 14.0 Å². The first-order chi connectivity index (χ1) is 9.28. The summed E-state index contributed by atoms with van der Waals surface area (Å²) in [6, 6.07) is 5.36. The molecule has 1 aliphatic heterocycles. The summed E-state index contributed by atoms with van der Waals surface area (Å²) >= 11 is 1.51. The van der Waals surface area contributed by atoms with Crippen molar-refractivity contribution in [1.29, 1.82) is 0 Å². The zero-order valence-corrected chi connectivity index (χ0v) is 10.9. The van der Waals surface area contributed by atoms with Gasteiger partial charge in [0.05, 0.1) is 17.8 Å². The quantitative estimate of drug-likeness (QED) is 0.873. The highest BCUT2D eigenvalue weighted by Gasteiger charge is 2.25. The molecule has 0 saturated carbocycles. The van der Waals surface area contributed by atoms with Gasteiger partial charge in [0.25, 0.3) is 5.91 Å². The number of rotatable bonds is 3. The van der Waals surface area contributed by atoms with Gasteiger partial charge >= 0.3 is 0 Å². The Morgan fingerprint density at radius 1 is 1.53 bits per heavy atom. The van der Waals surface area contributed by atoms with Crippen LogP contribution in [0.25, 0.3) is 0 Å². The molecule has 6 heteroatoms. The molecule has 0 fully saturated rings. The Morgan fingerprint density at radius 2 is 2.42 bits per heavy atom. The number of anilines is 1. The Kier molecular flexibility index (Phi) is 3.08. The summed E-state index contributed by atoms with van der Waals surface area (Å²) in [5, 5.41) is 3.48. The lowest BCUT2D eigenvalue weighted by Crippen LogP contribution is -2.35. The van der Waals surface area contributed by atoms with Gasteiger partial charge in [-0.1, -0.05) is 0 Å². The van der Waals surface area contributed by atoms with Crippen LogP contribution in [0.2, 0.25) is 0 Å². The molecule has 0 aromatic carbocycles. The lowest BCUT2D eigenvalue weighted by atomic mass is 10.1. The summed E-state index contributed by atoms with van der Waals surface area (Å²) in [4.78, 5) is 25.5. The normalized spacial score (nSPS) is 14.0. The van der Waals surface area contributed by atoms with Crippen molar-refractivity contribution >= 4 is 28.7 Å². The van der Waals surface area contributed by atoms with Gasteiger partial charge in [-0.05, 0) is 30.2 Å². The highest BCUT2D eigenvalue weighted by molar-refractivity contribution is 7.16. The third kappa shape index (κ3) is 2.26. The Bertz CT molecular complexity index is 603. The number of hydrogen-bond donors (Lipinski definition) is 1. The molecule has 0 bridgehead atoms. The third-order valence-corrected chi connectivity index (χ3v) is 4.20. The Labute approximate surface area is 113 Å². The van der Waals surface area contributed by atoms with E-state index in [9.17, 15) is 9.59 Å². The smallest absolute Gasteiger partial charge is 0.289 e. The summed E-state index contributed by atoms with van der Waals surface area (Å²) in [6.45, 7) is 1.24. The number of fused-ring (bicyclic) bond motifs is 1. The monoisotopic (exact) mass is 276 g/mol. The molecule has 0 unspecified atom stereocenters. The molecule has 5 nitrogen and oxygen atoms in total. The number of amides is 2. The number of furan rings is 1. The Balaban J connectivity index is 1.78. The van der Waals surface area contributed by atoms with Crippen LogP contribution in [-0.2, 0) is 17.8 Å². The summed E-state index contributed by atoms with van der Waals surface area (Å²) < 4.78 is 5.13. The van der Waals surface area contributed by atoms with Crippen LogP contribution in [0.3, 0.4) is 0 Å². The molecular formula is C13H12N2O3S. The molecule has 19 heavy (non-hydrogen) atoms. The third-order valence-electron chi connectivity index (χ3n) is 3.10. The second-order valence-corrected chi connectivity index (χ2v) is 5.41. The van der Waals surface area contributed by atoms with E-state index in [0.717, 1.165) is 16.3 Å². The van der Waals surface area contributed by atoms with E-state index in [1.165, 1.54) is 23.2 Å². The first kappa shape index (κ1) is 12.0. The second-order valence-electron chi connectivity index (χ2n) is 4.28. The molecule has 0 atom stereocenters. The summed E-state index contributed by atoms with van der Waals surface area (Å²) in [7, 11) is 0. The van der Waals surface area contributed by atoms with Crippen LogP contribution in [0.1, 0.15) is 21.0 Å². The maximum absolute atomic E-state index is 12.2. The van der Waals surface area contributed by atoms with Gasteiger partial charge in [0, 0.05) is 11.4 Å². The minimum Gasteiger partial charge on any atom is -0.459 e. The zero-order chi connectivity index (χ0) is 13.2. The lowest BCUT2D eigenvalue weighted by molar-refractivity contribution is -0.105. The van der Waals surface area contributed by atoms with Gasteiger partial charge < -0.3 is 14.6 Å². The molecule has 2 aromatic rings. The van der Waals surface area contributed by atoms with Crippen molar-refractivity contribution in [2.75, 3.05) is 11.9 Å². The van der Waals surface area contributed by atoms with Crippen LogP contribution < -0.4 is 5.32 Å². The zero-order valence-electron chi connectivity index (χ0n) is 10.1. The minimum absolute atomic E-state index is 0.0889. The molecule has 98 valence electrons. The van der Waals surface area contributed by atoms with Crippen molar-refractivity contribution in [1.82, 2.24) is 4.90 Å². The number of thiophene rings is 1. The predicted octanol–water partition coefficient (Wildman–Crippen LogP) is 2.11. The standard InChI is InChI=1S/C13H12N2O3S/c16-8-14-12-6-9-3-4-15(7-11(9)19-12)13(17)10-2-1-5-18-10/h1-2,5-6,8H,3-4,7H2,(H,14,16). The molecule has 0 radical (unpaired) electrons. The van der Waals surface area contributed by atoms with Crippen molar-refractivity contribution in [3.05, 3.63) is 40.7 Å². The second kappa shape index (κ2) is 4.89. The van der Waals surface area contributed by atoms with Crippen LogP contribution in [0.4, 0.5) is 5.00 Å². The van der Waals surface area contributed by atoms with Gasteiger partial charge in [-0.2, -0.15) is 0 Å². The van der Waals surface area contributed by atoms with Gasteiger partial charge in [0.2, 0.25) is 6.41 Å². The van der Waals surface area contributed by atoms with Crippen LogP contribution in [-0.4, -0.2) is 23.8 Å². The first-order valence-electron chi connectivity index (χ1n) is 5.92. The fourth-order valence-corrected chi connectivity index (χ4v) is 3.26. The van der Waals surface area contributed by atoms with E-state index in [1.54, 1.807) is 17.0 Å². The number of hydrogen-bond acceptors (Lipinski definition) is 4. The fraction of sp³-hybridized carbons (Fsp3) is 0.231. The summed E-state index contributed by atoms with van der Waals surface area (Å²) in [6.07, 6.45) is 2.97. The topological polar surface area (TPSA) is 62.6 Å². The molecule has 1 N–H and O–H groups in total. The highest BCUT2D eigenvalue weighted by atomic mass is 32.1. The number of nitrogens with zero attached hydrogens (tertiary/aromatic N) is 1. The number of nitrogens with one attached hydrogen (secondary N) is 1. The molecule has 3 rings (SSSR count). The Hall–Kier alpha value is -2.08. The Morgan fingerprint density at radius 3 is 3.16 bits per heavy atom. The van der Waals surface area contributed by atoms with E-state index in [2.05, 4.69) is 5.32 Å². The van der Waals surface area contributed by atoms with Crippen LogP contribution >= 0.6 is 11.3 Å². The van der Waals surface area contributed by atoms with Crippen molar-refractivity contribution in [2.45, 2.75) is 13.0 Å². The molecule has 2 amide bonds. The summed E-state index contributed by atoms with van der Waals surface area (Å²) in [5.74, 6) is 0.278. The average Bonchev–Trinajstić information content (AvgIpc) is 3.06. The van der Waals surface area contributed by atoms with Gasteiger partial charge in [-0.15, -0.1) is 11.3 Å². The molecular weight excluding hydrogens is 264 g/mol. The lowest BCUT2D eigenvalue weighted by Gasteiger charge is -2.25. The molecule has 0 aliphatic carbocycles. The highest BCUT2D eigenvalue weighted by Crippen LogP contribution is 2.31. The molecule has 3 heterocycles. The molecule has 1 aliphatic rings. The number of carbonyl (C=O) groups excluding carboxylic acids is 2. The van der Waals surface area contributed by atoms with Gasteiger partial charge in [-0.25, -0.2) is 0 Å². The van der Waals surface area contributed by atoms with E-state index in [4.69, 9.17) is 4.42 Å². The first-order valence-corrected chi connectivity index (χ1v) is 6.74. The van der Waals surface area contributed by atoms with Crippen molar-refractivity contribution in [3.63, 3.8) is 0 Å². The van der Waals surface area contributed by atoms with Crippen molar-refractivity contribution in [2.24, 2.45) is 0 Å². The maximum Gasteiger partial charge on any atom is 0.289 e. The predicted molar refractivity (Wildman–Crippen MR) is 71.2 cm³/mol. The van der Waals surface area contributed by atoms with E-state index in [-0.39, 0.29) is 5.91 Å². The molecule has 0 saturated heterocycles. The maximum atomic E-state index is 12.2. The van der Waals surface area contributed by atoms with Gasteiger partial charge in [-0.3, -0.25) is 9.59 Å². The number of carbonyl (C=O) groups is 2. The van der Waals surface area contributed by atoms with Gasteiger partial charge in [0.1, 0.15) is 0 Å². The van der Waals surface area contributed by atoms with E-state index < -0.39 is 0 Å².